The predicted molar refractivity (Wildman–Crippen MR) is 98.2 cm³/mol. The lowest BCUT2D eigenvalue weighted by Crippen LogP contribution is -2.36. The second-order valence-corrected chi connectivity index (χ2v) is 6.16. The van der Waals surface area contributed by atoms with E-state index in [0.717, 1.165) is 48.8 Å². The van der Waals surface area contributed by atoms with Crippen LogP contribution in [0, 0.1) is 0 Å². The van der Waals surface area contributed by atoms with Crippen molar-refractivity contribution < 1.29 is 9.53 Å². The highest BCUT2D eigenvalue weighted by molar-refractivity contribution is 5.77. The number of nitrogens with zero attached hydrogens (tertiary/aromatic N) is 3. The first-order valence-electron chi connectivity index (χ1n) is 8.49. The Kier molecular flexibility index (Phi) is 5.63. The first kappa shape index (κ1) is 17.4. The summed E-state index contributed by atoms with van der Waals surface area (Å²) in [6.07, 6.45) is 1.90. The van der Waals surface area contributed by atoms with Crippen LogP contribution in [0.3, 0.4) is 0 Å². The van der Waals surface area contributed by atoms with Crippen LogP contribution in [0.25, 0.3) is 11.1 Å². The molecule has 0 radical (unpaired) electrons. The second-order valence-electron chi connectivity index (χ2n) is 6.16. The van der Waals surface area contributed by atoms with Crippen LogP contribution < -0.4 is 10.6 Å². The standard InChI is InChI=1S/C19H24N4O2/c1-22(19(24)12-20)14-15-3-2-4-16(11-15)17-5-6-18(21-13-17)23-7-9-25-10-8-23/h2-6,11,13H,7-10,12,14,20H2,1H3. The number of ether oxygens (including phenoxy) is 1. The van der Waals surface area contributed by atoms with Gasteiger partial charge in [-0.2, -0.15) is 0 Å². The lowest BCUT2D eigenvalue weighted by atomic mass is 10.0. The molecule has 6 nitrogen and oxygen atoms in total. The molecule has 1 aromatic heterocycles. The van der Waals surface area contributed by atoms with Gasteiger partial charge in [-0.15, -0.1) is 0 Å². The minimum atomic E-state index is -0.0677. The Morgan fingerprint density at radius 2 is 2.04 bits per heavy atom. The summed E-state index contributed by atoms with van der Waals surface area (Å²) >= 11 is 0. The number of hydrogen-bond donors (Lipinski definition) is 1. The summed E-state index contributed by atoms with van der Waals surface area (Å²) in [5, 5.41) is 0. The fourth-order valence-corrected chi connectivity index (χ4v) is 2.90. The van der Waals surface area contributed by atoms with Gasteiger partial charge in [0.05, 0.1) is 19.8 Å². The van der Waals surface area contributed by atoms with Gasteiger partial charge in [-0.1, -0.05) is 18.2 Å². The average Bonchev–Trinajstić information content (AvgIpc) is 2.68. The van der Waals surface area contributed by atoms with Crippen molar-refractivity contribution in [2.24, 2.45) is 5.73 Å². The van der Waals surface area contributed by atoms with Gasteiger partial charge in [0.1, 0.15) is 5.82 Å². The van der Waals surface area contributed by atoms with E-state index in [9.17, 15) is 4.79 Å². The van der Waals surface area contributed by atoms with E-state index in [1.165, 1.54) is 0 Å². The number of hydrogen-bond acceptors (Lipinski definition) is 5. The number of nitrogens with two attached hydrogens (primary N) is 1. The molecule has 1 aromatic carbocycles. The predicted octanol–water partition coefficient (Wildman–Crippen LogP) is 1.50. The molecule has 1 aliphatic heterocycles. The van der Waals surface area contributed by atoms with Gasteiger partial charge in [0.25, 0.3) is 0 Å². The number of benzene rings is 1. The average molecular weight is 340 g/mol. The normalized spacial score (nSPS) is 14.4. The summed E-state index contributed by atoms with van der Waals surface area (Å²) in [5.74, 6) is 0.915. The number of likely N-dealkylation sites (N-methyl/N-ethyl adjacent to an activating group) is 1. The van der Waals surface area contributed by atoms with E-state index in [-0.39, 0.29) is 12.5 Å². The summed E-state index contributed by atoms with van der Waals surface area (Å²) in [7, 11) is 1.76. The molecule has 1 saturated heterocycles. The number of morpholine rings is 1. The third kappa shape index (κ3) is 4.35. The highest BCUT2D eigenvalue weighted by Crippen LogP contribution is 2.23. The summed E-state index contributed by atoms with van der Waals surface area (Å²) in [6.45, 7) is 3.83. The number of rotatable bonds is 5. The molecule has 1 amide bonds. The number of pyridine rings is 1. The van der Waals surface area contributed by atoms with Gasteiger partial charge < -0.3 is 20.3 Å². The maximum absolute atomic E-state index is 11.6. The quantitative estimate of drug-likeness (QED) is 0.893. The molecule has 1 fully saturated rings. The lowest BCUT2D eigenvalue weighted by molar-refractivity contribution is -0.128. The summed E-state index contributed by atoms with van der Waals surface area (Å²) < 4.78 is 5.38. The first-order chi connectivity index (χ1) is 12.2. The molecule has 0 saturated carbocycles. The Balaban J connectivity index is 1.73. The smallest absolute Gasteiger partial charge is 0.236 e. The number of amides is 1. The zero-order chi connectivity index (χ0) is 17.6. The van der Waals surface area contributed by atoms with E-state index in [1.54, 1.807) is 11.9 Å². The zero-order valence-electron chi connectivity index (χ0n) is 14.5. The van der Waals surface area contributed by atoms with E-state index in [4.69, 9.17) is 10.5 Å². The molecule has 0 bridgehead atoms. The minimum Gasteiger partial charge on any atom is -0.378 e. The number of anilines is 1. The molecule has 2 heterocycles. The van der Waals surface area contributed by atoms with Crippen molar-refractivity contribution in [1.29, 1.82) is 0 Å². The minimum absolute atomic E-state index is 0.0309. The van der Waals surface area contributed by atoms with Gasteiger partial charge in [-0.25, -0.2) is 4.98 Å². The van der Waals surface area contributed by atoms with Gasteiger partial charge in [-0.05, 0) is 29.3 Å². The maximum Gasteiger partial charge on any atom is 0.236 e. The van der Waals surface area contributed by atoms with Crippen LogP contribution in [0.15, 0.2) is 42.6 Å². The Morgan fingerprint density at radius 3 is 2.72 bits per heavy atom. The van der Waals surface area contributed by atoms with Gasteiger partial charge in [0, 0.05) is 38.4 Å². The Morgan fingerprint density at radius 1 is 1.24 bits per heavy atom. The third-order valence-electron chi connectivity index (χ3n) is 4.36. The van der Waals surface area contributed by atoms with Crippen molar-refractivity contribution >= 4 is 11.7 Å². The van der Waals surface area contributed by atoms with E-state index in [1.807, 2.05) is 18.3 Å². The van der Waals surface area contributed by atoms with Crippen molar-refractivity contribution in [3.8, 4) is 11.1 Å². The van der Waals surface area contributed by atoms with Gasteiger partial charge in [0.2, 0.25) is 5.91 Å². The molecule has 3 rings (SSSR count). The topological polar surface area (TPSA) is 71.7 Å². The maximum atomic E-state index is 11.6. The van der Waals surface area contributed by atoms with Crippen molar-refractivity contribution in [3.63, 3.8) is 0 Å². The van der Waals surface area contributed by atoms with E-state index in [2.05, 4.69) is 34.1 Å². The molecule has 2 N–H and O–H groups in total. The third-order valence-corrected chi connectivity index (χ3v) is 4.36. The largest absolute Gasteiger partial charge is 0.378 e. The van der Waals surface area contributed by atoms with Crippen molar-refractivity contribution in [2.45, 2.75) is 6.54 Å². The molecule has 6 heteroatoms. The highest BCUT2D eigenvalue weighted by Gasteiger charge is 2.12. The Labute approximate surface area is 148 Å². The van der Waals surface area contributed by atoms with Crippen molar-refractivity contribution in [2.75, 3.05) is 44.8 Å². The number of carbonyl (C=O) groups excluding carboxylic acids is 1. The van der Waals surface area contributed by atoms with E-state index >= 15 is 0 Å². The molecule has 0 atom stereocenters. The van der Waals surface area contributed by atoms with Crippen molar-refractivity contribution in [3.05, 3.63) is 48.2 Å². The highest BCUT2D eigenvalue weighted by atomic mass is 16.5. The summed E-state index contributed by atoms with van der Waals surface area (Å²) in [4.78, 5) is 20.1. The molecule has 25 heavy (non-hydrogen) atoms. The lowest BCUT2D eigenvalue weighted by Gasteiger charge is -2.27. The molecule has 0 spiro atoms. The summed E-state index contributed by atoms with van der Waals surface area (Å²) in [5.41, 5.74) is 8.63. The first-order valence-corrected chi connectivity index (χ1v) is 8.49. The van der Waals surface area contributed by atoms with Gasteiger partial charge in [0.15, 0.2) is 0 Å². The van der Waals surface area contributed by atoms with Crippen LogP contribution in [0.1, 0.15) is 5.56 Å². The summed E-state index contributed by atoms with van der Waals surface area (Å²) in [6, 6.07) is 12.3. The van der Waals surface area contributed by atoms with Crippen molar-refractivity contribution in [1.82, 2.24) is 9.88 Å². The molecular formula is C19H24N4O2. The van der Waals surface area contributed by atoms with Gasteiger partial charge >= 0.3 is 0 Å². The van der Waals surface area contributed by atoms with Crippen LogP contribution in [0.5, 0.6) is 0 Å². The van der Waals surface area contributed by atoms with Crippen LogP contribution in [-0.2, 0) is 16.1 Å². The second kappa shape index (κ2) is 8.09. The molecule has 1 aliphatic rings. The zero-order valence-corrected chi connectivity index (χ0v) is 14.5. The fraction of sp³-hybridized carbons (Fsp3) is 0.368. The van der Waals surface area contributed by atoms with E-state index < -0.39 is 0 Å². The SMILES string of the molecule is CN(Cc1cccc(-c2ccc(N3CCOCC3)nc2)c1)C(=O)CN. The molecule has 2 aromatic rings. The fourth-order valence-electron chi connectivity index (χ4n) is 2.90. The van der Waals surface area contributed by atoms with Crippen LogP contribution >= 0.6 is 0 Å². The monoisotopic (exact) mass is 340 g/mol. The molecule has 0 unspecified atom stereocenters. The number of carbonyl (C=O) groups is 1. The van der Waals surface area contributed by atoms with Gasteiger partial charge in [-0.3, -0.25) is 4.79 Å². The molecule has 132 valence electrons. The van der Waals surface area contributed by atoms with Crippen LogP contribution in [0.2, 0.25) is 0 Å². The van der Waals surface area contributed by atoms with Crippen LogP contribution in [-0.4, -0.2) is 55.7 Å². The van der Waals surface area contributed by atoms with E-state index in [0.29, 0.717) is 6.54 Å². The molecule has 0 aliphatic carbocycles. The Hall–Kier alpha value is -2.44. The molecular weight excluding hydrogens is 316 g/mol. The van der Waals surface area contributed by atoms with Crippen LogP contribution in [0.4, 0.5) is 5.82 Å². The number of aromatic nitrogens is 1. The Bertz CT molecular complexity index is 712.